The summed E-state index contributed by atoms with van der Waals surface area (Å²) < 4.78 is 23.0. The molecule has 0 aliphatic carbocycles. The van der Waals surface area contributed by atoms with E-state index in [-0.39, 0.29) is 25.3 Å². The van der Waals surface area contributed by atoms with Gasteiger partial charge in [0.25, 0.3) is 5.91 Å². The summed E-state index contributed by atoms with van der Waals surface area (Å²) in [5.41, 5.74) is 1.04. The van der Waals surface area contributed by atoms with Gasteiger partial charge >= 0.3 is 13.6 Å². The molecule has 1 aromatic rings. The number of aliphatic carboxylic acids is 1. The molecule has 0 spiro atoms. The minimum absolute atomic E-state index is 0.111. The van der Waals surface area contributed by atoms with Gasteiger partial charge in [0.2, 0.25) is 0 Å². The number of carboxylic acids is 1. The van der Waals surface area contributed by atoms with E-state index in [4.69, 9.17) is 14.2 Å². The average Bonchev–Trinajstić information content (AvgIpc) is 2.52. The Morgan fingerprint density at radius 3 is 2.04 bits per heavy atom. The largest absolute Gasteiger partial charge is 0.480 e. The number of hydrogen-bond donors (Lipinski definition) is 2. The molecule has 0 heterocycles. The Balaban J connectivity index is 2.83. The molecule has 0 aromatic heterocycles. The lowest BCUT2D eigenvalue weighted by Gasteiger charge is -2.18. The van der Waals surface area contributed by atoms with Crippen molar-refractivity contribution >= 4 is 19.5 Å². The molecule has 140 valence electrons. The van der Waals surface area contributed by atoms with Crippen molar-refractivity contribution in [1.82, 2.24) is 5.32 Å². The molecule has 1 aromatic carbocycles. The first kappa shape index (κ1) is 21.4. The van der Waals surface area contributed by atoms with Crippen molar-refractivity contribution in [2.75, 3.05) is 13.2 Å². The maximum atomic E-state index is 12.5. The zero-order chi connectivity index (χ0) is 19.0. The van der Waals surface area contributed by atoms with Crippen LogP contribution >= 0.6 is 7.60 Å². The summed E-state index contributed by atoms with van der Waals surface area (Å²) in [6.45, 7) is 7.49. The SMILES string of the molecule is CCOP(=O)(Cc1ccc(C(=O)N[C@@H](C(=O)O)C(C)C)cc1)OCC. The molecule has 1 atom stereocenters. The maximum absolute atomic E-state index is 12.5. The second-order valence-corrected chi connectivity index (χ2v) is 7.89. The molecule has 1 rings (SSSR count). The van der Waals surface area contributed by atoms with Crippen LogP contribution in [0.3, 0.4) is 0 Å². The first-order valence-corrected chi connectivity index (χ1v) is 9.96. The van der Waals surface area contributed by atoms with Crippen molar-refractivity contribution in [2.24, 2.45) is 5.92 Å². The van der Waals surface area contributed by atoms with E-state index in [1.54, 1.807) is 52.0 Å². The molecular weight excluding hydrogens is 345 g/mol. The van der Waals surface area contributed by atoms with Crippen molar-refractivity contribution in [3.05, 3.63) is 35.4 Å². The Morgan fingerprint density at radius 2 is 1.64 bits per heavy atom. The van der Waals surface area contributed by atoms with Crippen molar-refractivity contribution in [3.8, 4) is 0 Å². The number of hydrogen-bond acceptors (Lipinski definition) is 5. The Morgan fingerprint density at radius 1 is 1.12 bits per heavy atom. The van der Waals surface area contributed by atoms with E-state index >= 15 is 0 Å². The molecule has 0 saturated carbocycles. The number of rotatable bonds is 10. The van der Waals surface area contributed by atoms with E-state index in [9.17, 15) is 14.2 Å². The van der Waals surface area contributed by atoms with E-state index in [0.717, 1.165) is 0 Å². The van der Waals surface area contributed by atoms with Gasteiger partial charge in [0.05, 0.1) is 19.4 Å². The highest BCUT2D eigenvalue weighted by Crippen LogP contribution is 2.51. The highest BCUT2D eigenvalue weighted by Gasteiger charge is 2.25. The summed E-state index contributed by atoms with van der Waals surface area (Å²) in [6.07, 6.45) is 0.111. The van der Waals surface area contributed by atoms with Crippen LogP contribution < -0.4 is 5.32 Å². The Hall–Kier alpha value is -1.69. The molecule has 25 heavy (non-hydrogen) atoms. The van der Waals surface area contributed by atoms with Gasteiger partial charge in [-0.2, -0.15) is 0 Å². The van der Waals surface area contributed by atoms with Gasteiger partial charge < -0.3 is 19.5 Å². The number of carboxylic acid groups (broad SMARTS) is 1. The molecule has 0 saturated heterocycles. The fourth-order valence-electron chi connectivity index (χ4n) is 2.25. The van der Waals surface area contributed by atoms with Crippen LogP contribution in [-0.2, 0) is 24.6 Å². The smallest absolute Gasteiger partial charge is 0.335 e. The quantitative estimate of drug-likeness (QED) is 0.612. The molecule has 0 aliphatic rings. The van der Waals surface area contributed by atoms with Crippen LogP contribution in [0.25, 0.3) is 0 Å². The maximum Gasteiger partial charge on any atom is 0.335 e. The summed E-state index contributed by atoms with van der Waals surface area (Å²) in [7, 11) is -3.21. The van der Waals surface area contributed by atoms with E-state index in [1.807, 2.05) is 0 Å². The van der Waals surface area contributed by atoms with E-state index in [2.05, 4.69) is 5.32 Å². The Kier molecular flexibility index (Phi) is 8.29. The molecule has 0 fully saturated rings. The van der Waals surface area contributed by atoms with Crippen molar-refractivity contribution in [1.29, 1.82) is 0 Å². The third-order valence-electron chi connectivity index (χ3n) is 3.46. The lowest BCUT2D eigenvalue weighted by Crippen LogP contribution is -2.44. The molecule has 1 amide bonds. The third kappa shape index (κ3) is 6.61. The van der Waals surface area contributed by atoms with Crippen LogP contribution in [0.4, 0.5) is 0 Å². The average molecular weight is 371 g/mol. The first-order chi connectivity index (χ1) is 11.7. The Bertz CT molecular complexity index is 619. The van der Waals surface area contributed by atoms with Crippen LogP contribution in [0, 0.1) is 5.92 Å². The summed E-state index contributed by atoms with van der Waals surface area (Å²) >= 11 is 0. The molecule has 7 nitrogen and oxygen atoms in total. The van der Waals surface area contributed by atoms with Gasteiger partial charge in [-0.05, 0) is 37.5 Å². The standard InChI is InChI=1S/C17H26NO6P/c1-5-23-25(22,24-6-2)11-13-7-9-14(10-8-13)16(19)18-15(12(3)4)17(20)21/h7-10,12,15H,5-6,11H2,1-4H3,(H,18,19)(H,20,21)/t15-/m1/s1. The van der Waals surface area contributed by atoms with Gasteiger partial charge in [-0.25, -0.2) is 4.79 Å². The minimum Gasteiger partial charge on any atom is -0.480 e. The van der Waals surface area contributed by atoms with Gasteiger partial charge in [-0.15, -0.1) is 0 Å². The van der Waals surface area contributed by atoms with E-state index in [1.165, 1.54) is 0 Å². The van der Waals surface area contributed by atoms with E-state index < -0.39 is 25.5 Å². The predicted octanol–water partition coefficient (Wildman–Crippen LogP) is 3.29. The predicted molar refractivity (Wildman–Crippen MR) is 94.7 cm³/mol. The number of benzene rings is 1. The fourth-order valence-corrected chi connectivity index (χ4v) is 3.95. The molecular formula is C17H26NO6P. The Labute approximate surface area is 148 Å². The fraction of sp³-hybridized carbons (Fsp3) is 0.529. The topological polar surface area (TPSA) is 102 Å². The molecule has 8 heteroatoms. The van der Waals surface area contributed by atoms with Crippen molar-refractivity contribution in [2.45, 2.75) is 39.9 Å². The molecule has 0 radical (unpaired) electrons. The lowest BCUT2D eigenvalue weighted by atomic mass is 10.0. The molecule has 0 aliphatic heterocycles. The number of nitrogens with one attached hydrogen (secondary N) is 1. The second-order valence-electron chi connectivity index (χ2n) is 5.83. The zero-order valence-corrected chi connectivity index (χ0v) is 15.9. The molecule has 2 N–H and O–H groups in total. The lowest BCUT2D eigenvalue weighted by molar-refractivity contribution is -0.140. The number of amides is 1. The van der Waals surface area contributed by atoms with E-state index in [0.29, 0.717) is 11.1 Å². The summed E-state index contributed by atoms with van der Waals surface area (Å²) in [4.78, 5) is 23.4. The highest BCUT2D eigenvalue weighted by atomic mass is 31.2. The summed E-state index contributed by atoms with van der Waals surface area (Å²) in [5, 5.41) is 11.6. The van der Waals surface area contributed by atoms with Crippen LogP contribution in [0.1, 0.15) is 43.6 Å². The third-order valence-corrected chi connectivity index (χ3v) is 5.52. The van der Waals surface area contributed by atoms with Crippen LogP contribution in [0.15, 0.2) is 24.3 Å². The highest BCUT2D eigenvalue weighted by molar-refractivity contribution is 7.53. The van der Waals surface area contributed by atoms with Gasteiger partial charge in [0, 0.05) is 5.56 Å². The zero-order valence-electron chi connectivity index (χ0n) is 15.0. The monoisotopic (exact) mass is 371 g/mol. The first-order valence-electron chi connectivity index (χ1n) is 8.23. The molecule has 0 unspecified atom stereocenters. The van der Waals surface area contributed by atoms with Crippen LogP contribution in [0.5, 0.6) is 0 Å². The van der Waals surface area contributed by atoms with Crippen LogP contribution in [-0.4, -0.2) is 36.2 Å². The minimum atomic E-state index is -3.21. The van der Waals surface area contributed by atoms with Gasteiger partial charge in [-0.1, -0.05) is 26.0 Å². The van der Waals surface area contributed by atoms with Gasteiger partial charge in [-0.3, -0.25) is 9.36 Å². The normalized spacial score (nSPS) is 12.8. The van der Waals surface area contributed by atoms with Crippen molar-refractivity contribution in [3.63, 3.8) is 0 Å². The molecule has 0 bridgehead atoms. The van der Waals surface area contributed by atoms with Crippen molar-refractivity contribution < 1.29 is 28.3 Å². The summed E-state index contributed by atoms with van der Waals surface area (Å²) in [5.74, 6) is -1.77. The van der Waals surface area contributed by atoms with Crippen LogP contribution in [0.2, 0.25) is 0 Å². The van der Waals surface area contributed by atoms with Gasteiger partial charge in [0.15, 0.2) is 0 Å². The summed E-state index contributed by atoms with van der Waals surface area (Å²) in [6, 6.07) is 5.48. The number of carbonyl (C=O) groups excluding carboxylic acids is 1. The van der Waals surface area contributed by atoms with Gasteiger partial charge in [0.1, 0.15) is 6.04 Å². The second kappa shape index (κ2) is 9.70. The number of carbonyl (C=O) groups is 2.